The number of nitrogen functional groups attached to an aromatic ring is 1. The number of H-pyrrole nitrogens is 1. The van der Waals surface area contributed by atoms with E-state index in [0.717, 1.165) is 11.1 Å². The van der Waals surface area contributed by atoms with Crippen LogP contribution in [0.2, 0.25) is 0 Å². The van der Waals surface area contributed by atoms with Crippen LogP contribution in [-0.2, 0) is 0 Å². The lowest BCUT2D eigenvalue weighted by atomic mass is 10.1. The predicted octanol–water partition coefficient (Wildman–Crippen LogP) is 3.43. The number of pyridine rings is 1. The number of rotatable bonds is 3. The van der Waals surface area contributed by atoms with E-state index >= 15 is 0 Å². The van der Waals surface area contributed by atoms with Gasteiger partial charge in [0.05, 0.1) is 28.0 Å². The van der Waals surface area contributed by atoms with E-state index < -0.39 is 0 Å². The van der Waals surface area contributed by atoms with Gasteiger partial charge in [-0.3, -0.25) is 19.3 Å². The molecule has 4 N–H and O–H groups in total. The molecule has 0 aliphatic carbocycles. The summed E-state index contributed by atoms with van der Waals surface area (Å²) in [5.41, 5.74) is 11.6. The molecule has 0 unspecified atom stereocenters. The summed E-state index contributed by atoms with van der Waals surface area (Å²) in [5.74, 6) is 0.0464. The van der Waals surface area contributed by atoms with Crippen molar-refractivity contribution in [1.29, 1.82) is 0 Å². The highest BCUT2D eigenvalue weighted by atomic mass is 16.3. The molecule has 148 valence electrons. The van der Waals surface area contributed by atoms with Crippen LogP contribution in [-0.4, -0.2) is 35.4 Å². The molecule has 0 spiro atoms. The van der Waals surface area contributed by atoms with Crippen molar-refractivity contribution in [2.75, 3.05) is 5.73 Å². The highest BCUT2D eigenvalue weighted by Gasteiger charge is 2.27. The molecule has 1 aromatic carbocycles. The summed E-state index contributed by atoms with van der Waals surface area (Å²) in [4.78, 5) is 29.7. The van der Waals surface area contributed by atoms with E-state index in [-0.39, 0.29) is 22.9 Å². The minimum absolute atomic E-state index is 0.135. The maximum absolute atomic E-state index is 13.5. The van der Waals surface area contributed by atoms with Crippen LogP contribution in [0, 0.1) is 13.8 Å². The first-order valence-electron chi connectivity index (χ1n) is 9.36. The number of hydrogen-bond acceptors (Lipinski definition) is 6. The van der Waals surface area contributed by atoms with Crippen molar-refractivity contribution < 1.29 is 9.90 Å². The number of nitrogens with zero attached hydrogens (tertiary/aromatic N) is 4. The van der Waals surface area contributed by atoms with E-state index in [4.69, 9.17) is 5.73 Å². The Labute approximate surface area is 171 Å². The lowest BCUT2D eigenvalue weighted by Crippen LogP contribution is -2.09. The van der Waals surface area contributed by atoms with Gasteiger partial charge >= 0.3 is 0 Å². The second-order valence-corrected chi connectivity index (χ2v) is 7.15. The number of anilines is 1. The van der Waals surface area contributed by atoms with Gasteiger partial charge in [0.15, 0.2) is 5.65 Å². The topological polar surface area (TPSA) is 123 Å². The first-order chi connectivity index (χ1) is 14.5. The maximum atomic E-state index is 13.5. The molecule has 4 aromatic heterocycles. The van der Waals surface area contributed by atoms with Crippen LogP contribution in [0.3, 0.4) is 0 Å². The first-order valence-corrected chi connectivity index (χ1v) is 9.36. The van der Waals surface area contributed by atoms with Gasteiger partial charge in [0, 0.05) is 24.2 Å². The number of aromatic hydroxyl groups is 1. The smallest absolute Gasteiger partial charge is 0.215 e. The van der Waals surface area contributed by atoms with Crippen LogP contribution in [0.5, 0.6) is 5.75 Å². The van der Waals surface area contributed by atoms with E-state index in [1.165, 1.54) is 6.20 Å². The van der Waals surface area contributed by atoms with Gasteiger partial charge in [-0.1, -0.05) is 6.07 Å². The van der Waals surface area contributed by atoms with E-state index in [2.05, 4.69) is 19.9 Å². The molecule has 8 heteroatoms. The van der Waals surface area contributed by atoms with Crippen molar-refractivity contribution in [2.45, 2.75) is 13.8 Å². The fourth-order valence-corrected chi connectivity index (χ4v) is 3.85. The Morgan fingerprint density at radius 2 is 1.90 bits per heavy atom. The number of aromatic nitrogens is 5. The van der Waals surface area contributed by atoms with Crippen molar-refractivity contribution in [3.63, 3.8) is 0 Å². The van der Waals surface area contributed by atoms with Crippen LogP contribution >= 0.6 is 0 Å². The molecule has 0 atom stereocenters. The summed E-state index contributed by atoms with van der Waals surface area (Å²) in [6.45, 7) is 3.71. The first kappa shape index (κ1) is 17.9. The van der Waals surface area contributed by atoms with E-state index in [9.17, 15) is 9.90 Å². The second-order valence-electron chi connectivity index (χ2n) is 7.15. The molecule has 0 fully saturated rings. The predicted molar refractivity (Wildman–Crippen MR) is 114 cm³/mol. The molecular formula is C22H18N6O2. The zero-order valence-electron chi connectivity index (χ0n) is 16.3. The minimum atomic E-state index is -0.301. The molecule has 5 rings (SSSR count). The summed E-state index contributed by atoms with van der Waals surface area (Å²) in [6, 6.07) is 8.77. The van der Waals surface area contributed by atoms with Gasteiger partial charge in [-0.15, -0.1) is 0 Å². The molecule has 0 amide bonds. The van der Waals surface area contributed by atoms with Gasteiger partial charge < -0.3 is 15.8 Å². The Morgan fingerprint density at radius 1 is 1.10 bits per heavy atom. The van der Waals surface area contributed by atoms with E-state index in [0.29, 0.717) is 33.6 Å². The van der Waals surface area contributed by atoms with Gasteiger partial charge in [-0.25, -0.2) is 4.98 Å². The van der Waals surface area contributed by atoms with Gasteiger partial charge in [0.1, 0.15) is 17.1 Å². The number of nitrogens with one attached hydrogen (secondary N) is 1. The normalized spacial score (nSPS) is 11.4. The highest BCUT2D eigenvalue weighted by Crippen LogP contribution is 2.35. The Bertz CT molecular complexity index is 1430. The quantitative estimate of drug-likeness (QED) is 0.400. The fourth-order valence-electron chi connectivity index (χ4n) is 3.85. The third-order valence-electron chi connectivity index (χ3n) is 5.31. The fraction of sp³-hybridized carbons (Fsp3) is 0.0909. The zero-order valence-corrected chi connectivity index (χ0v) is 16.3. The molecule has 30 heavy (non-hydrogen) atoms. The highest BCUT2D eigenvalue weighted by molar-refractivity contribution is 6.19. The summed E-state index contributed by atoms with van der Waals surface area (Å²) in [7, 11) is 0. The molecule has 0 saturated heterocycles. The minimum Gasteiger partial charge on any atom is -0.508 e. The third-order valence-corrected chi connectivity index (χ3v) is 5.31. The van der Waals surface area contributed by atoms with Crippen molar-refractivity contribution >= 4 is 33.8 Å². The van der Waals surface area contributed by atoms with Crippen LogP contribution in [0.4, 0.5) is 5.82 Å². The number of fused-ring (bicyclic) bond motifs is 2. The average molecular weight is 398 g/mol. The maximum Gasteiger partial charge on any atom is 0.215 e. The molecule has 8 nitrogen and oxygen atoms in total. The lowest BCUT2D eigenvalue weighted by Gasteiger charge is -2.15. The average Bonchev–Trinajstić information content (AvgIpc) is 3.30. The number of phenolic OH excluding ortho intramolecular Hbond substituents is 1. The Hall–Kier alpha value is -4.20. The second kappa shape index (κ2) is 6.41. The molecule has 0 bridgehead atoms. The molecule has 0 aliphatic heterocycles. The van der Waals surface area contributed by atoms with E-state index in [1.54, 1.807) is 48.1 Å². The van der Waals surface area contributed by atoms with E-state index in [1.807, 2.05) is 13.0 Å². The Kier molecular flexibility index (Phi) is 3.82. The largest absolute Gasteiger partial charge is 0.508 e. The van der Waals surface area contributed by atoms with Gasteiger partial charge in [-0.2, -0.15) is 0 Å². The number of aryl methyl sites for hydroxylation is 1. The molecule has 0 aliphatic rings. The van der Waals surface area contributed by atoms with Crippen molar-refractivity contribution in [3.05, 3.63) is 71.3 Å². The van der Waals surface area contributed by atoms with Crippen LogP contribution < -0.4 is 5.73 Å². The molecule has 0 radical (unpaired) electrons. The van der Waals surface area contributed by atoms with Crippen molar-refractivity contribution in [1.82, 2.24) is 24.5 Å². The third kappa shape index (κ3) is 2.47. The van der Waals surface area contributed by atoms with Crippen molar-refractivity contribution in [3.8, 4) is 11.4 Å². The summed E-state index contributed by atoms with van der Waals surface area (Å²) in [6.07, 6.45) is 4.74. The number of carbonyl (C=O) groups is 1. The monoisotopic (exact) mass is 398 g/mol. The number of nitrogens with two attached hydrogens (primary N) is 1. The van der Waals surface area contributed by atoms with Gasteiger partial charge in [-0.05, 0) is 43.7 Å². The zero-order chi connectivity index (χ0) is 21.0. The summed E-state index contributed by atoms with van der Waals surface area (Å²) >= 11 is 0. The van der Waals surface area contributed by atoms with Gasteiger partial charge in [0.25, 0.3) is 0 Å². The summed E-state index contributed by atoms with van der Waals surface area (Å²) < 4.78 is 1.68. The number of phenols is 1. The Morgan fingerprint density at radius 3 is 2.70 bits per heavy atom. The number of carbonyl (C=O) groups excluding carboxylic acids is 1. The number of hydrogen-bond donors (Lipinski definition) is 3. The van der Waals surface area contributed by atoms with Gasteiger partial charge in [0.2, 0.25) is 5.78 Å². The number of aromatic amines is 1. The number of benzene rings is 1. The standard InChI is InChI=1S/C22H18N6O2/c1-11-5-6-16(29)12(2)19(11)28-21(23)17(18-22(28)26-9-8-25-18)20(30)15-10-14-13(27-15)4-3-7-24-14/h3-10,27,29H,23H2,1-2H3. The molecule has 4 heterocycles. The lowest BCUT2D eigenvalue weighted by molar-refractivity contribution is 0.103. The van der Waals surface area contributed by atoms with Crippen molar-refractivity contribution in [2.24, 2.45) is 0 Å². The molecule has 5 aromatic rings. The SMILES string of the molecule is Cc1ccc(O)c(C)c1-n1c(N)c(C(=O)c2cc3ncccc3[nH]2)c2nccnc21. The van der Waals surface area contributed by atoms with Crippen LogP contribution in [0.25, 0.3) is 27.9 Å². The molecule has 0 saturated carbocycles. The molecular weight excluding hydrogens is 380 g/mol. The number of ketones is 1. The van der Waals surface area contributed by atoms with Crippen LogP contribution in [0.15, 0.2) is 48.9 Å². The summed E-state index contributed by atoms with van der Waals surface area (Å²) in [5, 5.41) is 10.3. The Balaban J connectivity index is 1.80. The van der Waals surface area contributed by atoms with Crippen LogP contribution in [0.1, 0.15) is 27.2 Å².